The minimum absolute atomic E-state index is 0.0511. The van der Waals surface area contributed by atoms with Crippen LogP contribution in [-0.2, 0) is 14.3 Å². The zero-order valence-electron chi connectivity index (χ0n) is 17.2. The van der Waals surface area contributed by atoms with Gasteiger partial charge < -0.3 is 13.9 Å². The number of benzene rings is 1. The van der Waals surface area contributed by atoms with Crippen LogP contribution in [0, 0.1) is 5.82 Å². The molecule has 2 heterocycles. The van der Waals surface area contributed by atoms with Gasteiger partial charge in [-0.3, -0.25) is 14.2 Å². The van der Waals surface area contributed by atoms with Crippen LogP contribution < -0.4 is 0 Å². The molecule has 3 rings (SSSR count). The van der Waals surface area contributed by atoms with E-state index in [9.17, 15) is 18.8 Å². The molecule has 0 spiro atoms. The highest BCUT2D eigenvalue weighted by Crippen LogP contribution is 2.33. The van der Waals surface area contributed by atoms with E-state index in [1.165, 1.54) is 42.3 Å². The lowest BCUT2D eigenvalue weighted by molar-refractivity contribution is -0.140. The van der Waals surface area contributed by atoms with Crippen molar-refractivity contribution in [3.05, 3.63) is 48.3 Å². The number of hydrogen-bond donors (Lipinski definition) is 0. The number of nitrogens with zero attached hydrogens (tertiary/aromatic N) is 1. The average molecular weight is 415 g/mol. The summed E-state index contributed by atoms with van der Waals surface area (Å²) in [7, 11) is 1.25. The number of esters is 1. The lowest BCUT2D eigenvalue weighted by Crippen LogP contribution is -2.26. The van der Waals surface area contributed by atoms with Crippen LogP contribution in [-0.4, -0.2) is 35.1 Å². The molecule has 0 aliphatic rings. The Kier molecular flexibility index (Phi) is 5.78. The van der Waals surface area contributed by atoms with Crippen molar-refractivity contribution in [1.82, 2.24) is 4.57 Å². The minimum Gasteiger partial charge on any atom is -0.469 e. The number of furan rings is 1. The topological polar surface area (TPSA) is 87.7 Å². The van der Waals surface area contributed by atoms with E-state index in [2.05, 4.69) is 4.74 Å². The number of carbonyl (C=O) groups is 3. The van der Waals surface area contributed by atoms with Crippen molar-refractivity contribution in [2.75, 3.05) is 7.11 Å². The van der Waals surface area contributed by atoms with Crippen LogP contribution in [0.2, 0.25) is 0 Å². The standard InChI is InChI=1S/C22H22FNO6/c1-22(2,3)30-21(27)24-11-16(15-6-5-14(23)10-17(15)24)13-9-19(29-12-13)18(25)7-8-20(26)28-4/h5-6,9-12H,7-8H2,1-4H3. The number of Topliss-reactive ketones (excluding diaryl/α,β-unsaturated/α-hetero) is 1. The summed E-state index contributed by atoms with van der Waals surface area (Å²) in [4.78, 5) is 36.1. The fourth-order valence-electron chi connectivity index (χ4n) is 2.96. The molecular weight excluding hydrogens is 393 g/mol. The second kappa shape index (κ2) is 8.14. The van der Waals surface area contributed by atoms with E-state index < -0.39 is 23.5 Å². The van der Waals surface area contributed by atoms with Crippen LogP contribution in [0.3, 0.4) is 0 Å². The third-order valence-electron chi connectivity index (χ3n) is 4.33. The summed E-state index contributed by atoms with van der Waals surface area (Å²) in [6.45, 7) is 5.21. The van der Waals surface area contributed by atoms with Crippen molar-refractivity contribution < 1.29 is 32.7 Å². The normalized spacial score (nSPS) is 11.5. The molecule has 158 valence electrons. The molecule has 1 aromatic carbocycles. The monoisotopic (exact) mass is 415 g/mol. The lowest BCUT2D eigenvalue weighted by atomic mass is 10.1. The van der Waals surface area contributed by atoms with Crippen molar-refractivity contribution in [2.45, 2.75) is 39.2 Å². The van der Waals surface area contributed by atoms with E-state index in [-0.39, 0.29) is 24.4 Å². The first-order valence-electron chi connectivity index (χ1n) is 9.32. The van der Waals surface area contributed by atoms with E-state index in [0.717, 1.165) is 0 Å². The highest BCUT2D eigenvalue weighted by atomic mass is 19.1. The Bertz CT molecular complexity index is 1120. The van der Waals surface area contributed by atoms with Crippen LogP contribution in [0.25, 0.3) is 22.0 Å². The van der Waals surface area contributed by atoms with Gasteiger partial charge in [-0.05, 0) is 45.0 Å². The van der Waals surface area contributed by atoms with E-state index in [4.69, 9.17) is 9.15 Å². The summed E-state index contributed by atoms with van der Waals surface area (Å²) >= 11 is 0. The molecule has 0 unspecified atom stereocenters. The second-order valence-electron chi connectivity index (χ2n) is 7.75. The van der Waals surface area contributed by atoms with E-state index >= 15 is 0 Å². The molecule has 8 heteroatoms. The molecule has 0 saturated carbocycles. The summed E-state index contributed by atoms with van der Waals surface area (Å²) in [6, 6.07) is 5.60. The Morgan fingerprint density at radius 1 is 1.13 bits per heavy atom. The number of carbonyl (C=O) groups excluding carboxylic acids is 3. The molecule has 0 fully saturated rings. The lowest BCUT2D eigenvalue weighted by Gasteiger charge is -2.19. The molecule has 0 N–H and O–H groups in total. The van der Waals surface area contributed by atoms with Gasteiger partial charge in [0.25, 0.3) is 0 Å². The second-order valence-corrected chi connectivity index (χ2v) is 7.75. The summed E-state index contributed by atoms with van der Waals surface area (Å²) in [5.41, 5.74) is 0.719. The van der Waals surface area contributed by atoms with E-state index in [0.29, 0.717) is 22.0 Å². The van der Waals surface area contributed by atoms with Gasteiger partial charge in [-0.15, -0.1) is 0 Å². The van der Waals surface area contributed by atoms with E-state index in [1.54, 1.807) is 26.8 Å². The van der Waals surface area contributed by atoms with Crippen molar-refractivity contribution in [2.24, 2.45) is 0 Å². The summed E-state index contributed by atoms with van der Waals surface area (Å²) in [5, 5.41) is 0.594. The van der Waals surface area contributed by atoms with Crippen LogP contribution in [0.15, 0.2) is 41.1 Å². The maximum absolute atomic E-state index is 13.9. The van der Waals surface area contributed by atoms with Crippen molar-refractivity contribution in [3.8, 4) is 11.1 Å². The molecule has 30 heavy (non-hydrogen) atoms. The van der Waals surface area contributed by atoms with Crippen LogP contribution >= 0.6 is 0 Å². The quantitative estimate of drug-likeness (QED) is 0.432. The smallest absolute Gasteiger partial charge is 0.419 e. The fraction of sp³-hybridized carbons (Fsp3) is 0.318. The van der Waals surface area contributed by atoms with Gasteiger partial charge in [-0.25, -0.2) is 9.18 Å². The van der Waals surface area contributed by atoms with Gasteiger partial charge in [-0.1, -0.05) is 0 Å². The van der Waals surface area contributed by atoms with Gasteiger partial charge in [0.15, 0.2) is 11.5 Å². The number of methoxy groups -OCH3 is 1. The highest BCUT2D eigenvalue weighted by molar-refractivity contribution is 6.02. The zero-order chi connectivity index (χ0) is 22.1. The van der Waals surface area contributed by atoms with Gasteiger partial charge >= 0.3 is 12.1 Å². The van der Waals surface area contributed by atoms with Crippen LogP contribution in [0.5, 0.6) is 0 Å². The molecule has 0 amide bonds. The third kappa shape index (κ3) is 4.59. The maximum atomic E-state index is 13.9. The Morgan fingerprint density at radius 2 is 1.87 bits per heavy atom. The highest BCUT2D eigenvalue weighted by Gasteiger charge is 2.23. The van der Waals surface area contributed by atoms with Gasteiger partial charge in [-0.2, -0.15) is 0 Å². The Balaban J connectivity index is 1.97. The first-order chi connectivity index (χ1) is 14.1. The van der Waals surface area contributed by atoms with Crippen LogP contribution in [0.1, 0.15) is 44.2 Å². The molecule has 0 aliphatic heterocycles. The minimum atomic E-state index is -0.726. The summed E-state index contributed by atoms with van der Waals surface area (Å²) < 4.78 is 30.4. The Hall–Kier alpha value is -3.42. The SMILES string of the molecule is COC(=O)CCC(=O)c1cc(-c2cn(C(=O)OC(C)(C)C)c3cc(F)ccc23)co1. The number of fused-ring (bicyclic) bond motifs is 1. The van der Waals surface area contributed by atoms with Crippen LogP contribution in [0.4, 0.5) is 9.18 Å². The predicted octanol–water partition coefficient (Wildman–Crippen LogP) is 4.96. The molecule has 7 nitrogen and oxygen atoms in total. The molecular formula is C22H22FNO6. The van der Waals surface area contributed by atoms with Gasteiger partial charge in [0, 0.05) is 29.1 Å². The van der Waals surface area contributed by atoms with Gasteiger partial charge in [0.05, 0.1) is 25.3 Å². The van der Waals surface area contributed by atoms with Gasteiger partial charge in [0.1, 0.15) is 11.4 Å². The first kappa shape index (κ1) is 21.3. The number of ether oxygens (including phenoxy) is 2. The molecule has 3 aromatic rings. The third-order valence-corrected chi connectivity index (χ3v) is 4.33. The first-order valence-corrected chi connectivity index (χ1v) is 9.32. The predicted molar refractivity (Wildman–Crippen MR) is 107 cm³/mol. The molecule has 2 aromatic heterocycles. The van der Waals surface area contributed by atoms with E-state index in [1.807, 2.05) is 0 Å². The summed E-state index contributed by atoms with van der Waals surface area (Å²) in [5.74, 6) is -1.26. The molecule has 0 atom stereocenters. The largest absolute Gasteiger partial charge is 0.469 e. The van der Waals surface area contributed by atoms with Gasteiger partial charge in [0.2, 0.25) is 0 Å². The van der Waals surface area contributed by atoms with Crippen molar-refractivity contribution in [3.63, 3.8) is 0 Å². The Labute approximate surface area is 172 Å². The molecule has 0 radical (unpaired) electrons. The molecule has 0 saturated heterocycles. The molecule has 0 bridgehead atoms. The zero-order valence-corrected chi connectivity index (χ0v) is 17.2. The number of rotatable bonds is 5. The number of aromatic nitrogens is 1. The Morgan fingerprint density at radius 3 is 2.53 bits per heavy atom. The number of ketones is 1. The van der Waals surface area contributed by atoms with Crippen molar-refractivity contribution in [1.29, 1.82) is 0 Å². The number of halogens is 1. The summed E-state index contributed by atoms with van der Waals surface area (Å²) in [6.07, 6.45) is 2.14. The maximum Gasteiger partial charge on any atom is 0.419 e. The average Bonchev–Trinajstić information content (AvgIpc) is 3.28. The number of hydrogen-bond acceptors (Lipinski definition) is 6. The fourth-order valence-corrected chi connectivity index (χ4v) is 2.96. The van der Waals surface area contributed by atoms with Crippen molar-refractivity contribution >= 4 is 28.7 Å². The molecule has 0 aliphatic carbocycles.